The van der Waals surface area contributed by atoms with Crippen molar-refractivity contribution in [3.05, 3.63) is 36.4 Å². The number of hydrogen-bond donors (Lipinski definition) is 1. The number of ether oxygens (including phenoxy) is 1. The third kappa shape index (κ3) is 5.40. The van der Waals surface area contributed by atoms with Gasteiger partial charge in [0.05, 0.1) is 33.4 Å². The summed E-state index contributed by atoms with van der Waals surface area (Å²) in [5.41, 5.74) is 1.99. The SMILES string of the molecule is CCCCC1(CCCC)CN(c2ccc(OC)cc2)c2cc(SC)c(O)cc2S(=O)C1. The molecule has 0 saturated heterocycles. The normalized spacial score (nSPS) is 17.8. The summed E-state index contributed by atoms with van der Waals surface area (Å²) in [6.45, 7) is 5.27. The van der Waals surface area contributed by atoms with Crippen molar-refractivity contribution in [2.45, 2.75) is 62.2 Å². The molecule has 0 spiro atoms. The van der Waals surface area contributed by atoms with Crippen molar-refractivity contribution >= 4 is 33.9 Å². The number of phenols is 1. The Morgan fingerprint density at radius 3 is 2.32 bits per heavy atom. The van der Waals surface area contributed by atoms with E-state index in [0.717, 1.165) is 72.0 Å². The maximum Gasteiger partial charge on any atom is 0.130 e. The zero-order valence-electron chi connectivity index (χ0n) is 19.1. The summed E-state index contributed by atoms with van der Waals surface area (Å²) in [7, 11) is 0.509. The van der Waals surface area contributed by atoms with Gasteiger partial charge < -0.3 is 14.7 Å². The van der Waals surface area contributed by atoms with Crippen LogP contribution in [-0.2, 0) is 10.8 Å². The van der Waals surface area contributed by atoms with Crippen molar-refractivity contribution in [1.29, 1.82) is 0 Å². The van der Waals surface area contributed by atoms with E-state index in [0.29, 0.717) is 5.75 Å². The molecule has 0 saturated carbocycles. The van der Waals surface area contributed by atoms with Crippen LogP contribution in [0.2, 0.25) is 0 Å². The summed E-state index contributed by atoms with van der Waals surface area (Å²) in [6.07, 6.45) is 8.62. The van der Waals surface area contributed by atoms with E-state index in [2.05, 4.69) is 30.9 Å². The minimum Gasteiger partial charge on any atom is -0.507 e. The molecule has 0 fully saturated rings. The number of anilines is 2. The predicted molar refractivity (Wildman–Crippen MR) is 133 cm³/mol. The highest BCUT2D eigenvalue weighted by Crippen LogP contribution is 2.46. The number of hydrogen-bond acceptors (Lipinski definition) is 5. The first-order valence-electron chi connectivity index (χ1n) is 11.2. The molecule has 0 amide bonds. The van der Waals surface area contributed by atoms with Gasteiger partial charge in [-0.15, -0.1) is 11.8 Å². The van der Waals surface area contributed by atoms with Gasteiger partial charge in [0.25, 0.3) is 0 Å². The molecule has 1 aliphatic rings. The second-order valence-electron chi connectivity index (χ2n) is 8.47. The van der Waals surface area contributed by atoms with Crippen molar-refractivity contribution in [2.24, 2.45) is 5.41 Å². The number of phenolic OH excluding ortho intramolecular Hbond substituents is 1. The fraction of sp³-hybridized carbons (Fsp3) is 0.520. The van der Waals surface area contributed by atoms with Crippen LogP contribution < -0.4 is 9.64 Å². The molecule has 0 aliphatic carbocycles. The third-order valence-electron chi connectivity index (χ3n) is 6.23. The fourth-order valence-corrected chi connectivity index (χ4v) is 6.68. The van der Waals surface area contributed by atoms with E-state index in [1.807, 2.05) is 24.5 Å². The van der Waals surface area contributed by atoms with E-state index in [9.17, 15) is 9.32 Å². The summed E-state index contributed by atoms with van der Waals surface area (Å²) in [5, 5.41) is 10.5. The number of aromatic hydroxyl groups is 1. The first-order chi connectivity index (χ1) is 15.0. The Balaban J connectivity index is 2.16. The summed E-state index contributed by atoms with van der Waals surface area (Å²) in [5.74, 6) is 1.68. The molecular formula is C25H35NO3S2. The van der Waals surface area contributed by atoms with Gasteiger partial charge in [0.15, 0.2) is 0 Å². The monoisotopic (exact) mass is 461 g/mol. The van der Waals surface area contributed by atoms with Crippen molar-refractivity contribution in [1.82, 2.24) is 0 Å². The Hall–Kier alpha value is -1.66. The number of benzene rings is 2. The van der Waals surface area contributed by atoms with Gasteiger partial charge in [-0.05, 0) is 55.5 Å². The smallest absolute Gasteiger partial charge is 0.130 e. The van der Waals surface area contributed by atoms with E-state index in [-0.39, 0.29) is 11.2 Å². The number of rotatable bonds is 9. The summed E-state index contributed by atoms with van der Waals surface area (Å²) in [6, 6.07) is 11.8. The molecule has 4 nitrogen and oxygen atoms in total. The van der Waals surface area contributed by atoms with Gasteiger partial charge in [-0.25, -0.2) is 0 Å². The molecule has 2 aromatic carbocycles. The van der Waals surface area contributed by atoms with Gasteiger partial charge in [-0.3, -0.25) is 4.21 Å². The molecule has 0 radical (unpaired) electrons. The lowest BCUT2D eigenvalue weighted by Crippen LogP contribution is -2.37. The van der Waals surface area contributed by atoms with Gasteiger partial charge in [0, 0.05) is 23.4 Å². The molecule has 2 aromatic rings. The Morgan fingerprint density at radius 1 is 1.13 bits per heavy atom. The minimum absolute atomic E-state index is 0.0228. The highest BCUT2D eigenvalue weighted by molar-refractivity contribution is 7.98. The van der Waals surface area contributed by atoms with Gasteiger partial charge in [0.2, 0.25) is 0 Å². The lowest BCUT2D eigenvalue weighted by molar-refractivity contribution is 0.272. The summed E-state index contributed by atoms with van der Waals surface area (Å²) >= 11 is 1.51. The van der Waals surface area contributed by atoms with E-state index >= 15 is 0 Å². The number of unbranched alkanes of at least 4 members (excludes halogenated alkanes) is 2. The van der Waals surface area contributed by atoms with Gasteiger partial charge in [-0.2, -0.15) is 0 Å². The van der Waals surface area contributed by atoms with E-state index in [1.165, 1.54) is 11.8 Å². The van der Waals surface area contributed by atoms with Crippen LogP contribution in [0.4, 0.5) is 11.4 Å². The van der Waals surface area contributed by atoms with Crippen LogP contribution >= 0.6 is 11.8 Å². The lowest BCUT2D eigenvalue weighted by Gasteiger charge is -2.37. The quantitative estimate of drug-likeness (QED) is 0.419. The Kier molecular flexibility index (Phi) is 8.34. The molecule has 0 bridgehead atoms. The second-order valence-corrected chi connectivity index (χ2v) is 10.7. The summed E-state index contributed by atoms with van der Waals surface area (Å²) in [4.78, 5) is 3.87. The third-order valence-corrected chi connectivity index (χ3v) is 8.69. The zero-order chi connectivity index (χ0) is 22.4. The highest BCUT2D eigenvalue weighted by Gasteiger charge is 2.39. The van der Waals surface area contributed by atoms with Crippen molar-refractivity contribution < 1.29 is 14.1 Å². The largest absolute Gasteiger partial charge is 0.507 e. The first kappa shape index (κ1) is 24.0. The predicted octanol–water partition coefficient (Wildman–Crippen LogP) is 6.75. The Bertz CT molecular complexity index is 890. The van der Waals surface area contributed by atoms with Crippen molar-refractivity contribution in [3.63, 3.8) is 0 Å². The lowest BCUT2D eigenvalue weighted by atomic mass is 9.79. The minimum atomic E-state index is -1.17. The number of fused-ring (bicyclic) bond motifs is 1. The van der Waals surface area contributed by atoms with Crippen LogP contribution in [0, 0.1) is 5.41 Å². The number of nitrogens with zero attached hydrogens (tertiary/aromatic N) is 1. The maximum absolute atomic E-state index is 13.6. The van der Waals surface area contributed by atoms with Crippen molar-refractivity contribution in [2.75, 3.05) is 30.6 Å². The molecule has 170 valence electrons. The Labute approximate surface area is 193 Å². The molecule has 1 heterocycles. The van der Waals surface area contributed by atoms with E-state index < -0.39 is 10.8 Å². The van der Waals surface area contributed by atoms with Crippen LogP contribution in [0.25, 0.3) is 0 Å². The average Bonchev–Trinajstić information content (AvgIpc) is 2.90. The molecule has 0 aromatic heterocycles. The fourth-order valence-electron chi connectivity index (χ4n) is 4.44. The molecule has 1 N–H and O–H groups in total. The topological polar surface area (TPSA) is 49.8 Å². The van der Waals surface area contributed by atoms with Crippen molar-refractivity contribution in [3.8, 4) is 11.5 Å². The van der Waals surface area contributed by atoms with Crippen LogP contribution in [-0.4, -0.2) is 35.0 Å². The standard InChI is InChI=1S/C25H35NO3S2/c1-5-7-13-25(14-8-6-2)17-26(19-9-11-20(29-3)12-10-19)21-15-23(30-4)22(27)16-24(21)31(28)18-25/h9-12,15-16,27H,5-8,13-14,17-18H2,1-4H3. The van der Waals surface area contributed by atoms with Crippen LogP contribution in [0.1, 0.15) is 52.4 Å². The number of thioether (sulfide) groups is 1. The second kappa shape index (κ2) is 10.8. The maximum atomic E-state index is 13.6. The van der Waals surface area contributed by atoms with Crippen LogP contribution in [0.3, 0.4) is 0 Å². The summed E-state index contributed by atoms with van der Waals surface area (Å²) < 4.78 is 19.0. The average molecular weight is 462 g/mol. The van der Waals surface area contributed by atoms with Crippen LogP contribution in [0.5, 0.6) is 11.5 Å². The highest BCUT2D eigenvalue weighted by atomic mass is 32.2. The number of methoxy groups -OCH3 is 1. The molecule has 6 heteroatoms. The Morgan fingerprint density at radius 2 is 1.77 bits per heavy atom. The zero-order valence-corrected chi connectivity index (χ0v) is 20.8. The first-order valence-corrected chi connectivity index (χ1v) is 13.7. The van der Waals surface area contributed by atoms with E-state index in [1.54, 1.807) is 13.2 Å². The molecular weight excluding hydrogens is 426 g/mol. The van der Waals surface area contributed by atoms with Gasteiger partial charge in [0.1, 0.15) is 11.5 Å². The molecule has 1 unspecified atom stereocenters. The van der Waals surface area contributed by atoms with Gasteiger partial charge >= 0.3 is 0 Å². The molecule has 31 heavy (non-hydrogen) atoms. The van der Waals surface area contributed by atoms with E-state index in [4.69, 9.17) is 4.74 Å². The molecule has 3 rings (SSSR count). The molecule has 1 atom stereocenters. The molecule has 1 aliphatic heterocycles. The van der Waals surface area contributed by atoms with Crippen LogP contribution in [0.15, 0.2) is 46.2 Å². The van der Waals surface area contributed by atoms with Gasteiger partial charge in [-0.1, -0.05) is 39.5 Å².